The number of hydrogen-bond donors (Lipinski definition) is 1. The number of halogens is 1. The minimum atomic E-state index is 0.307. The van der Waals surface area contributed by atoms with E-state index in [-0.39, 0.29) is 0 Å². The van der Waals surface area contributed by atoms with Crippen molar-refractivity contribution in [3.8, 4) is 0 Å². The Morgan fingerprint density at radius 2 is 2.33 bits per heavy atom. The Morgan fingerprint density at radius 3 is 3.08 bits per heavy atom. The first-order valence-electron chi connectivity index (χ1n) is 3.80. The molecule has 0 aromatic carbocycles. The average molecular weight is 182 g/mol. The van der Waals surface area contributed by atoms with E-state index >= 15 is 0 Å². The molecular weight excluding hydrogens is 174 g/mol. The van der Waals surface area contributed by atoms with Gasteiger partial charge in [-0.25, -0.2) is 4.98 Å². The van der Waals surface area contributed by atoms with Crippen LogP contribution in [0, 0.1) is 0 Å². The third-order valence-electron chi connectivity index (χ3n) is 1.80. The first-order valence-corrected chi connectivity index (χ1v) is 4.18. The van der Waals surface area contributed by atoms with Crippen LogP contribution < -0.4 is 0 Å². The Balaban J connectivity index is 2.80. The van der Waals surface area contributed by atoms with E-state index in [9.17, 15) is 0 Å². The summed E-state index contributed by atoms with van der Waals surface area (Å²) in [6, 6.07) is 1.96. The highest BCUT2D eigenvalue weighted by molar-refractivity contribution is 6.28. The van der Waals surface area contributed by atoms with Gasteiger partial charge in [-0.15, -0.1) is 0 Å². The maximum absolute atomic E-state index is 5.72. The van der Waals surface area contributed by atoms with Gasteiger partial charge in [0.15, 0.2) is 0 Å². The minimum absolute atomic E-state index is 0.307. The Hall–Kier alpha value is -1.09. The zero-order valence-corrected chi connectivity index (χ0v) is 7.39. The van der Waals surface area contributed by atoms with Crippen LogP contribution in [-0.4, -0.2) is 15.0 Å². The standard InChI is InChI=1S/C8H8ClN3/c1-2-6-5-3-4-10-7(5)12-8(9)11-6/h3-4H,2H2,1H3,(H,10,11,12). The fourth-order valence-electron chi connectivity index (χ4n) is 1.24. The average Bonchev–Trinajstić information content (AvgIpc) is 2.50. The topological polar surface area (TPSA) is 41.6 Å². The lowest BCUT2D eigenvalue weighted by Gasteiger charge is -1.97. The van der Waals surface area contributed by atoms with Gasteiger partial charge in [-0.3, -0.25) is 0 Å². The minimum Gasteiger partial charge on any atom is -0.346 e. The molecular formula is C8H8ClN3. The van der Waals surface area contributed by atoms with Crippen molar-refractivity contribution in [3.05, 3.63) is 23.2 Å². The number of hydrogen-bond acceptors (Lipinski definition) is 2. The van der Waals surface area contributed by atoms with E-state index in [0.717, 1.165) is 23.1 Å². The summed E-state index contributed by atoms with van der Waals surface area (Å²) in [4.78, 5) is 11.2. The lowest BCUT2D eigenvalue weighted by molar-refractivity contribution is 1.03. The molecule has 0 spiro atoms. The molecule has 0 saturated carbocycles. The number of aromatic amines is 1. The molecule has 0 bridgehead atoms. The Labute approximate surface area is 74.8 Å². The summed E-state index contributed by atoms with van der Waals surface area (Å²) in [6.07, 6.45) is 2.71. The summed E-state index contributed by atoms with van der Waals surface area (Å²) in [5, 5.41) is 1.36. The van der Waals surface area contributed by atoms with E-state index in [0.29, 0.717) is 5.28 Å². The van der Waals surface area contributed by atoms with Gasteiger partial charge in [-0.1, -0.05) is 6.92 Å². The van der Waals surface area contributed by atoms with Crippen LogP contribution >= 0.6 is 11.6 Å². The molecule has 0 aliphatic heterocycles. The number of H-pyrrole nitrogens is 1. The predicted molar refractivity (Wildman–Crippen MR) is 48.3 cm³/mol. The molecule has 1 N–H and O–H groups in total. The molecule has 2 rings (SSSR count). The van der Waals surface area contributed by atoms with E-state index in [1.54, 1.807) is 0 Å². The molecule has 4 heteroatoms. The molecule has 0 amide bonds. The van der Waals surface area contributed by atoms with Crippen molar-refractivity contribution >= 4 is 22.6 Å². The number of nitrogens with zero attached hydrogens (tertiary/aromatic N) is 2. The van der Waals surface area contributed by atoms with Gasteiger partial charge < -0.3 is 4.98 Å². The second-order valence-electron chi connectivity index (χ2n) is 2.53. The first-order chi connectivity index (χ1) is 5.81. The summed E-state index contributed by atoms with van der Waals surface area (Å²) in [7, 11) is 0. The maximum Gasteiger partial charge on any atom is 0.224 e. The zero-order chi connectivity index (χ0) is 8.55. The monoisotopic (exact) mass is 181 g/mol. The summed E-state index contributed by atoms with van der Waals surface area (Å²) in [5.74, 6) is 0. The molecule has 62 valence electrons. The van der Waals surface area contributed by atoms with Gasteiger partial charge in [-0.05, 0) is 24.1 Å². The highest BCUT2D eigenvalue weighted by atomic mass is 35.5. The van der Waals surface area contributed by atoms with E-state index in [2.05, 4.69) is 15.0 Å². The molecule has 0 aliphatic carbocycles. The zero-order valence-electron chi connectivity index (χ0n) is 6.63. The fourth-order valence-corrected chi connectivity index (χ4v) is 1.43. The smallest absolute Gasteiger partial charge is 0.224 e. The SMILES string of the molecule is CCc1nc(Cl)nc2[nH]ccc12. The van der Waals surface area contributed by atoms with E-state index in [1.165, 1.54) is 0 Å². The van der Waals surface area contributed by atoms with Crippen molar-refractivity contribution in [2.75, 3.05) is 0 Å². The highest BCUT2D eigenvalue weighted by Gasteiger charge is 2.04. The lowest BCUT2D eigenvalue weighted by Crippen LogP contribution is -1.91. The van der Waals surface area contributed by atoms with Gasteiger partial charge in [0.2, 0.25) is 5.28 Å². The van der Waals surface area contributed by atoms with Gasteiger partial charge in [0.25, 0.3) is 0 Å². The van der Waals surface area contributed by atoms with Crippen LogP contribution in [0.2, 0.25) is 5.28 Å². The van der Waals surface area contributed by atoms with Crippen LogP contribution in [0.15, 0.2) is 12.3 Å². The van der Waals surface area contributed by atoms with Crippen LogP contribution in [0.4, 0.5) is 0 Å². The van der Waals surface area contributed by atoms with Gasteiger partial charge in [0.1, 0.15) is 5.65 Å². The molecule has 0 saturated heterocycles. The third-order valence-corrected chi connectivity index (χ3v) is 1.97. The number of nitrogens with one attached hydrogen (secondary N) is 1. The van der Waals surface area contributed by atoms with Crippen molar-refractivity contribution in [2.24, 2.45) is 0 Å². The van der Waals surface area contributed by atoms with Crippen molar-refractivity contribution < 1.29 is 0 Å². The summed E-state index contributed by atoms with van der Waals surface area (Å²) in [5.41, 5.74) is 1.80. The van der Waals surface area contributed by atoms with Gasteiger partial charge >= 0.3 is 0 Å². The molecule has 0 aliphatic rings. The van der Waals surface area contributed by atoms with E-state index < -0.39 is 0 Å². The second kappa shape index (κ2) is 2.75. The van der Waals surface area contributed by atoms with Gasteiger partial charge in [0, 0.05) is 11.6 Å². The van der Waals surface area contributed by atoms with E-state index in [4.69, 9.17) is 11.6 Å². The van der Waals surface area contributed by atoms with Crippen molar-refractivity contribution in [1.29, 1.82) is 0 Å². The maximum atomic E-state index is 5.72. The highest BCUT2D eigenvalue weighted by Crippen LogP contribution is 2.16. The molecule has 2 aromatic rings. The number of fused-ring (bicyclic) bond motifs is 1. The summed E-state index contributed by atoms with van der Waals surface area (Å²) in [6.45, 7) is 2.05. The first kappa shape index (κ1) is 7.55. The Morgan fingerprint density at radius 1 is 1.50 bits per heavy atom. The Kier molecular flexibility index (Phi) is 1.73. The van der Waals surface area contributed by atoms with Crippen LogP contribution in [0.1, 0.15) is 12.6 Å². The molecule has 3 nitrogen and oxygen atoms in total. The van der Waals surface area contributed by atoms with Crippen molar-refractivity contribution in [2.45, 2.75) is 13.3 Å². The van der Waals surface area contributed by atoms with Crippen LogP contribution in [0.5, 0.6) is 0 Å². The predicted octanol–water partition coefficient (Wildman–Crippen LogP) is 2.17. The number of aromatic nitrogens is 3. The van der Waals surface area contributed by atoms with Crippen LogP contribution in [0.3, 0.4) is 0 Å². The summed E-state index contributed by atoms with van der Waals surface area (Å²) < 4.78 is 0. The number of rotatable bonds is 1. The van der Waals surface area contributed by atoms with E-state index in [1.807, 2.05) is 19.2 Å². The van der Waals surface area contributed by atoms with Crippen LogP contribution in [0.25, 0.3) is 11.0 Å². The molecule has 0 unspecified atom stereocenters. The van der Waals surface area contributed by atoms with Gasteiger partial charge in [-0.2, -0.15) is 4.98 Å². The second-order valence-corrected chi connectivity index (χ2v) is 2.87. The molecule has 0 radical (unpaired) electrons. The largest absolute Gasteiger partial charge is 0.346 e. The molecule has 0 fully saturated rings. The molecule has 0 atom stereocenters. The number of aryl methyl sites for hydroxylation is 1. The van der Waals surface area contributed by atoms with Crippen LogP contribution in [-0.2, 0) is 6.42 Å². The van der Waals surface area contributed by atoms with Gasteiger partial charge in [0.05, 0.1) is 5.69 Å². The molecule has 2 aromatic heterocycles. The lowest BCUT2D eigenvalue weighted by atomic mass is 10.2. The normalized spacial score (nSPS) is 10.8. The fraction of sp³-hybridized carbons (Fsp3) is 0.250. The molecule has 12 heavy (non-hydrogen) atoms. The quantitative estimate of drug-likeness (QED) is 0.686. The summed E-state index contributed by atoms with van der Waals surface area (Å²) >= 11 is 5.72. The van der Waals surface area contributed by atoms with Crippen molar-refractivity contribution in [1.82, 2.24) is 15.0 Å². The molecule has 2 heterocycles. The van der Waals surface area contributed by atoms with Crippen molar-refractivity contribution in [3.63, 3.8) is 0 Å². The Bertz CT molecular complexity index is 408. The third kappa shape index (κ3) is 1.06.